The molecule has 50 heavy (non-hydrogen) atoms. The lowest BCUT2D eigenvalue weighted by molar-refractivity contribution is -0.138. The zero-order valence-electron chi connectivity index (χ0n) is 27.6. The summed E-state index contributed by atoms with van der Waals surface area (Å²) in [5.74, 6) is 1.70. The molecule has 2 fully saturated rings. The predicted molar refractivity (Wildman–Crippen MR) is 185 cm³/mol. The first-order valence-electron chi connectivity index (χ1n) is 15.6. The van der Waals surface area contributed by atoms with E-state index in [0.29, 0.717) is 57.8 Å². The van der Waals surface area contributed by atoms with Crippen LogP contribution in [0, 0.1) is 22.7 Å². The number of aliphatic carboxylic acids is 1. The first kappa shape index (κ1) is 35.7. The van der Waals surface area contributed by atoms with Crippen molar-refractivity contribution in [1.82, 2.24) is 39.7 Å². The quantitative estimate of drug-likeness (QED) is 0.181. The maximum atomic E-state index is 11.0. The zero-order valence-corrected chi connectivity index (χ0v) is 28.3. The van der Waals surface area contributed by atoms with E-state index in [1.165, 1.54) is 47.7 Å². The third-order valence-electron chi connectivity index (χ3n) is 7.14. The summed E-state index contributed by atoms with van der Waals surface area (Å²) >= 11 is 2.52. The largest absolute Gasteiger partial charge is 0.480 e. The molecule has 262 valence electrons. The Kier molecular flexibility index (Phi) is 13.4. The second kappa shape index (κ2) is 18.8. The summed E-state index contributed by atoms with van der Waals surface area (Å²) in [7, 11) is -1.00. The number of anilines is 6. The Morgan fingerprint density at radius 2 is 1.24 bits per heavy atom. The summed E-state index contributed by atoms with van der Waals surface area (Å²) in [6.07, 6.45) is 6.00. The fourth-order valence-electron chi connectivity index (χ4n) is 4.84. The average molecular weight is 725 g/mol. The number of aromatic nitrogens is 6. The van der Waals surface area contributed by atoms with Crippen LogP contribution in [0.5, 0.6) is 0 Å². The lowest BCUT2D eigenvalue weighted by atomic mass is 10.3. The number of carboxylic acid groups (broad SMARTS) is 1. The maximum Gasteiger partial charge on any atom is 0.317 e. The number of alkyl halides is 1. The van der Waals surface area contributed by atoms with Gasteiger partial charge in [0, 0.05) is 64.5 Å². The number of nitrogens with two attached hydrogens (primary N) is 1. The normalized spacial score (nSPS) is 14.8. The van der Waals surface area contributed by atoms with Gasteiger partial charge in [0.25, 0.3) is 0 Å². The fraction of sp³-hybridized carbons (Fsp3) is 0.379. The Morgan fingerprint density at radius 1 is 0.820 bits per heavy atom. The second-order valence-electron chi connectivity index (χ2n) is 10.4. The van der Waals surface area contributed by atoms with Crippen molar-refractivity contribution in [3.8, 4) is 12.1 Å². The number of nitrogens with one attached hydrogen (secondary N) is 2. The predicted octanol–water partition coefficient (Wildman–Crippen LogP) is 1.50. The Bertz CT molecular complexity index is 1690. The van der Waals surface area contributed by atoms with Gasteiger partial charge in [-0.1, -0.05) is 22.7 Å². The van der Waals surface area contributed by atoms with E-state index in [1.807, 2.05) is 28.0 Å². The number of carbonyl (C=O) groups excluding carboxylic acids is 1. The summed E-state index contributed by atoms with van der Waals surface area (Å²) < 4.78 is 15.5. The highest BCUT2D eigenvalue weighted by Gasteiger charge is 2.21. The standard InChI is InChI=1S/C14H16N8OS.C14H15N7O2S.CH3F/c15-6-10-7-17-14(24-10)20-12-5-13(19-9-18-12)22-3-1-21(2-4-22)8-11(16)23;15-6-10-7-16-14(24-10)19-11-5-12(18-9-17-11)21-3-1-20(2-4-21)8-13(22)23;1-2/h5,7,9H,1-4,8H2,(H2,16,23)(H,17,18,19,20);5,7,9H,1-4,8H2,(H,22,23)(H,16,17,18,19);1H3/i;;1D. The Balaban J connectivity index is 0.000000212. The van der Waals surface area contributed by atoms with Crippen LogP contribution in [0.1, 0.15) is 11.1 Å². The maximum absolute atomic E-state index is 11.0. The van der Waals surface area contributed by atoms with Crippen LogP contribution >= 0.6 is 22.7 Å². The molecule has 0 spiro atoms. The summed E-state index contributed by atoms with van der Waals surface area (Å²) in [6, 6.07) is 7.76. The van der Waals surface area contributed by atoms with Gasteiger partial charge in [0.1, 0.15) is 57.8 Å². The monoisotopic (exact) mass is 724 g/mol. The van der Waals surface area contributed by atoms with Crippen LogP contribution in [-0.4, -0.2) is 129 Å². The SMILES string of the molecule is N#Cc1cnc(Nc2cc(N3CCN(CC(=O)O)CC3)ncn2)s1.N#Cc1cnc(Nc2cc(N3CCN(CC(N)=O)CC3)ncn2)s1.[2H]CF. The van der Waals surface area contributed by atoms with Crippen molar-refractivity contribution in [3.05, 3.63) is 46.9 Å². The number of halogens is 1. The molecule has 6 rings (SSSR count). The van der Waals surface area contributed by atoms with E-state index in [4.69, 9.17) is 22.7 Å². The molecule has 5 N–H and O–H groups in total. The summed E-state index contributed by atoms with van der Waals surface area (Å²) in [5.41, 5.74) is 5.23. The molecule has 4 aromatic rings. The number of piperazine rings is 2. The smallest absolute Gasteiger partial charge is 0.317 e. The molecule has 0 unspecified atom stereocenters. The van der Waals surface area contributed by atoms with Crippen molar-refractivity contribution in [1.29, 1.82) is 10.5 Å². The number of nitrogens with zero attached hydrogens (tertiary/aromatic N) is 12. The molecule has 0 radical (unpaired) electrons. The number of carboxylic acids is 1. The van der Waals surface area contributed by atoms with Gasteiger partial charge in [-0.25, -0.2) is 29.9 Å². The number of carbonyl (C=O) groups is 2. The summed E-state index contributed by atoms with van der Waals surface area (Å²) in [4.78, 5) is 56.1. The number of rotatable bonds is 10. The Labute approximate surface area is 296 Å². The number of hydrogen-bond acceptors (Lipinski definition) is 18. The molecule has 18 nitrogen and oxygen atoms in total. The van der Waals surface area contributed by atoms with E-state index >= 15 is 0 Å². The molecule has 2 saturated heterocycles. The Morgan fingerprint density at radius 3 is 1.60 bits per heavy atom. The van der Waals surface area contributed by atoms with Crippen LogP contribution in [-0.2, 0) is 9.59 Å². The van der Waals surface area contributed by atoms with Gasteiger partial charge >= 0.3 is 5.97 Å². The van der Waals surface area contributed by atoms with Crippen LogP contribution < -0.4 is 26.2 Å². The van der Waals surface area contributed by atoms with E-state index < -0.39 is 13.1 Å². The van der Waals surface area contributed by atoms with E-state index in [0.717, 1.165) is 37.8 Å². The van der Waals surface area contributed by atoms with Gasteiger partial charge in [-0.15, -0.1) is 0 Å². The van der Waals surface area contributed by atoms with E-state index in [2.05, 4.69) is 56.4 Å². The van der Waals surface area contributed by atoms with E-state index in [-0.39, 0.29) is 19.0 Å². The minimum absolute atomic E-state index is 0.0652. The molecule has 2 aliphatic heterocycles. The summed E-state index contributed by atoms with van der Waals surface area (Å²) in [6.45, 7) is 6.17. The molecule has 0 saturated carbocycles. The molecular weight excluding hydrogens is 690 g/mol. The van der Waals surface area contributed by atoms with Crippen LogP contribution in [0.4, 0.5) is 37.9 Å². The number of thiazole rings is 2. The number of hydrogen-bond donors (Lipinski definition) is 4. The van der Waals surface area contributed by atoms with Crippen molar-refractivity contribution in [2.45, 2.75) is 0 Å². The van der Waals surface area contributed by atoms with Crippen LogP contribution in [0.15, 0.2) is 37.2 Å². The van der Waals surface area contributed by atoms with Crippen molar-refractivity contribution in [2.24, 2.45) is 5.73 Å². The molecule has 0 bridgehead atoms. The van der Waals surface area contributed by atoms with Crippen molar-refractivity contribution < 1.29 is 20.5 Å². The topological polar surface area (TPSA) is 242 Å². The molecule has 2 aliphatic rings. The zero-order chi connectivity index (χ0) is 36.6. The number of primary amides is 1. The van der Waals surface area contributed by atoms with Gasteiger partial charge in [0.05, 0.1) is 34.0 Å². The molecular formula is C29H34FN15O3S2. The van der Waals surface area contributed by atoms with Crippen LogP contribution in [0.3, 0.4) is 0 Å². The second-order valence-corrected chi connectivity index (χ2v) is 12.5. The highest BCUT2D eigenvalue weighted by Crippen LogP contribution is 2.24. The third-order valence-corrected chi connectivity index (χ3v) is 8.77. The average Bonchev–Trinajstić information content (AvgIpc) is 3.78. The highest BCUT2D eigenvalue weighted by molar-refractivity contribution is 7.16. The molecule has 0 atom stereocenters. The Hall–Kier alpha value is -5.61. The number of nitriles is 2. The van der Waals surface area contributed by atoms with Crippen LogP contribution in [0.2, 0.25) is 0 Å². The van der Waals surface area contributed by atoms with E-state index in [9.17, 15) is 14.0 Å². The molecule has 6 heterocycles. The van der Waals surface area contributed by atoms with Crippen molar-refractivity contribution in [2.75, 3.05) is 93.0 Å². The van der Waals surface area contributed by atoms with Gasteiger partial charge in [0.15, 0.2) is 10.3 Å². The first-order chi connectivity index (χ1) is 24.7. The molecule has 4 aromatic heterocycles. The molecule has 0 aromatic carbocycles. The molecule has 21 heteroatoms. The van der Waals surface area contributed by atoms with Gasteiger partial charge < -0.3 is 31.3 Å². The minimum Gasteiger partial charge on any atom is -0.480 e. The van der Waals surface area contributed by atoms with Gasteiger partial charge in [-0.05, 0) is 0 Å². The first-order valence-corrected chi connectivity index (χ1v) is 16.5. The number of amides is 1. The fourth-order valence-corrected chi connectivity index (χ4v) is 6.09. The highest BCUT2D eigenvalue weighted by atomic mass is 32.1. The molecule has 1 amide bonds. The van der Waals surface area contributed by atoms with Crippen molar-refractivity contribution >= 4 is 68.1 Å². The minimum atomic E-state index is -1.00. The van der Waals surface area contributed by atoms with Gasteiger partial charge in [0.2, 0.25) is 5.91 Å². The third kappa shape index (κ3) is 11.2. The van der Waals surface area contributed by atoms with E-state index in [1.54, 1.807) is 0 Å². The van der Waals surface area contributed by atoms with Crippen molar-refractivity contribution in [3.63, 3.8) is 0 Å². The van der Waals surface area contributed by atoms with Gasteiger partial charge in [-0.2, -0.15) is 10.5 Å². The lowest BCUT2D eigenvalue weighted by Crippen LogP contribution is -2.49. The lowest BCUT2D eigenvalue weighted by Gasteiger charge is -2.34. The summed E-state index contributed by atoms with van der Waals surface area (Å²) in [5, 5.41) is 33.9. The molecule has 0 aliphatic carbocycles. The van der Waals surface area contributed by atoms with Gasteiger partial charge in [-0.3, -0.25) is 23.8 Å². The van der Waals surface area contributed by atoms with Crippen LogP contribution in [0.25, 0.3) is 0 Å².